The second-order valence-corrected chi connectivity index (χ2v) is 7.74. The topological polar surface area (TPSA) is 102 Å². The Labute approximate surface area is 176 Å². The molecule has 1 aliphatic heterocycles. The predicted molar refractivity (Wildman–Crippen MR) is 115 cm³/mol. The molecular formula is C23H29N3O4. The van der Waals surface area contributed by atoms with Gasteiger partial charge in [0, 0.05) is 11.7 Å². The second-order valence-electron chi connectivity index (χ2n) is 7.74. The van der Waals surface area contributed by atoms with Crippen molar-refractivity contribution in [3.05, 3.63) is 65.7 Å². The molecule has 0 spiro atoms. The molecule has 4 N–H and O–H groups in total. The zero-order valence-corrected chi connectivity index (χ0v) is 17.3. The third-order valence-corrected chi connectivity index (χ3v) is 5.79. The van der Waals surface area contributed by atoms with E-state index < -0.39 is 18.2 Å². The number of anilines is 1. The number of nitrogens with zero attached hydrogens (tertiary/aromatic N) is 1. The van der Waals surface area contributed by atoms with E-state index in [-0.39, 0.29) is 18.0 Å². The largest absolute Gasteiger partial charge is 0.465 e. The van der Waals surface area contributed by atoms with Gasteiger partial charge in [-0.3, -0.25) is 9.69 Å². The molecule has 7 heteroatoms. The lowest BCUT2D eigenvalue weighted by Gasteiger charge is -2.31. The molecule has 0 radical (unpaired) electrons. The van der Waals surface area contributed by atoms with Crippen LogP contribution in [0.1, 0.15) is 37.0 Å². The average molecular weight is 412 g/mol. The number of likely N-dealkylation sites (N-methyl/N-ethyl adjacent to an activating group) is 1. The highest BCUT2D eigenvalue weighted by atomic mass is 16.4. The minimum atomic E-state index is -1.01. The van der Waals surface area contributed by atoms with Crippen LogP contribution in [0.5, 0.6) is 0 Å². The Bertz CT molecular complexity index is 857. The summed E-state index contributed by atoms with van der Waals surface area (Å²) in [5.41, 5.74) is 2.41. The molecule has 2 aromatic carbocycles. The van der Waals surface area contributed by atoms with Crippen molar-refractivity contribution in [3.8, 4) is 0 Å². The summed E-state index contributed by atoms with van der Waals surface area (Å²) in [6.07, 6.45) is 0.00886. The van der Waals surface area contributed by atoms with Crippen molar-refractivity contribution in [2.24, 2.45) is 0 Å². The molecule has 1 heterocycles. The van der Waals surface area contributed by atoms with E-state index in [4.69, 9.17) is 0 Å². The lowest BCUT2D eigenvalue weighted by Crippen LogP contribution is -2.44. The highest BCUT2D eigenvalue weighted by Gasteiger charge is 2.41. The van der Waals surface area contributed by atoms with Gasteiger partial charge in [-0.15, -0.1) is 0 Å². The molecule has 4 atom stereocenters. The highest BCUT2D eigenvalue weighted by molar-refractivity contribution is 5.94. The number of rotatable bonds is 7. The first kappa shape index (κ1) is 21.8. The van der Waals surface area contributed by atoms with Gasteiger partial charge in [-0.2, -0.15) is 0 Å². The van der Waals surface area contributed by atoms with E-state index in [1.165, 1.54) is 4.90 Å². The number of aliphatic hydroxyl groups is 1. The van der Waals surface area contributed by atoms with Crippen molar-refractivity contribution in [2.75, 3.05) is 12.4 Å². The van der Waals surface area contributed by atoms with Crippen molar-refractivity contribution in [1.29, 1.82) is 0 Å². The Hall–Kier alpha value is -2.90. The van der Waals surface area contributed by atoms with Crippen LogP contribution in [0.15, 0.2) is 54.6 Å². The number of likely N-dealkylation sites (tertiary alicyclic amines) is 1. The maximum Gasteiger partial charge on any atom is 0.407 e. The molecule has 2 aromatic rings. The summed E-state index contributed by atoms with van der Waals surface area (Å²) in [6, 6.07) is 15.7. The molecule has 0 saturated carbocycles. The summed E-state index contributed by atoms with van der Waals surface area (Å²) in [7, 11) is 1.73. The van der Waals surface area contributed by atoms with E-state index in [1.807, 2.05) is 54.6 Å². The number of hydrogen-bond donors (Lipinski definition) is 4. The Morgan fingerprint density at radius 2 is 1.77 bits per heavy atom. The summed E-state index contributed by atoms with van der Waals surface area (Å²) >= 11 is 0. The zero-order valence-electron chi connectivity index (χ0n) is 17.3. The molecule has 30 heavy (non-hydrogen) atoms. The van der Waals surface area contributed by atoms with Gasteiger partial charge in [-0.25, -0.2) is 4.79 Å². The monoisotopic (exact) mass is 411 g/mol. The van der Waals surface area contributed by atoms with E-state index in [0.29, 0.717) is 24.9 Å². The van der Waals surface area contributed by atoms with Gasteiger partial charge in [0.15, 0.2) is 0 Å². The minimum absolute atomic E-state index is 0.115. The molecule has 1 fully saturated rings. The number of nitrogens with one attached hydrogen (secondary N) is 2. The molecule has 0 bridgehead atoms. The first-order valence-electron chi connectivity index (χ1n) is 10.2. The van der Waals surface area contributed by atoms with E-state index in [2.05, 4.69) is 10.6 Å². The number of hydrogen-bond acceptors (Lipinski definition) is 4. The summed E-state index contributed by atoms with van der Waals surface area (Å²) in [5.74, 6) is -0.115. The Balaban J connectivity index is 1.67. The standard InChI is InChI=1S/C23H29N3O4/c1-15(24-2)22(28)25-18-10-8-16(9-11-18)14-19-12-13-20(26(19)23(29)30)21(27)17-6-4-3-5-7-17/h3-11,15,19-21,24,27H,12-14H2,1-2H3,(H,25,28)(H,29,30)/t15-,19+,20-,21-/m1/s1. The molecule has 1 aliphatic rings. The van der Waals surface area contributed by atoms with Crippen LogP contribution < -0.4 is 10.6 Å². The van der Waals surface area contributed by atoms with Crippen molar-refractivity contribution >= 4 is 17.7 Å². The molecule has 1 saturated heterocycles. The van der Waals surface area contributed by atoms with Gasteiger partial charge in [0.05, 0.1) is 18.2 Å². The van der Waals surface area contributed by atoms with Crippen LogP contribution in [-0.4, -0.2) is 52.3 Å². The van der Waals surface area contributed by atoms with Crippen molar-refractivity contribution in [1.82, 2.24) is 10.2 Å². The molecule has 0 aromatic heterocycles. The number of amides is 2. The fourth-order valence-corrected chi connectivity index (χ4v) is 3.97. The van der Waals surface area contributed by atoms with Crippen LogP contribution in [0, 0.1) is 0 Å². The predicted octanol–water partition coefficient (Wildman–Crippen LogP) is 3.02. The van der Waals surface area contributed by atoms with Crippen LogP contribution in [0.4, 0.5) is 10.5 Å². The minimum Gasteiger partial charge on any atom is -0.465 e. The fourth-order valence-electron chi connectivity index (χ4n) is 3.97. The second kappa shape index (κ2) is 9.73. The average Bonchev–Trinajstić information content (AvgIpc) is 3.18. The van der Waals surface area contributed by atoms with Gasteiger partial charge >= 0.3 is 6.09 Å². The first-order chi connectivity index (χ1) is 14.4. The number of benzene rings is 2. The molecule has 7 nitrogen and oxygen atoms in total. The molecule has 160 valence electrons. The smallest absolute Gasteiger partial charge is 0.407 e. The maximum atomic E-state index is 12.0. The fraction of sp³-hybridized carbons (Fsp3) is 0.391. The SMILES string of the molecule is CN[C@H](C)C(=O)Nc1ccc(C[C@@H]2CC[C@H]([C@H](O)c3ccccc3)N2C(=O)O)cc1. The van der Waals surface area contributed by atoms with Gasteiger partial charge in [0.25, 0.3) is 0 Å². The first-order valence-corrected chi connectivity index (χ1v) is 10.2. The summed E-state index contributed by atoms with van der Waals surface area (Å²) in [4.78, 5) is 25.4. The number of carboxylic acid groups (broad SMARTS) is 1. The van der Waals surface area contributed by atoms with Crippen LogP contribution in [0.25, 0.3) is 0 Å². The molecule has 2 amide bonds. The van der Waals surface area contributed by atoms with Crippen molar-refractivity contribution in [2.45, 2.75) is 50.4 Å². The van der Waals surface area contributed by atoms with Gasteiger partial charge < -0.3 is 20.8 Å². The van der Waals surface area contributed by atoms with Crippen LogP contribution in [0.2, 0.25) is 0 Å². The van der Waals surface area contributed by atoms with E-state index >= 15 is 0 Å². The zero-order chi connectivity index (χ0) is 21.7. The summed E-state index contributed by atoms with van der Waals surface area (Å²) in [6.45, 7) is 1.78. The van der Waals surface area contributed by atoms with Gasteiger partial charge in [-0.05, 0) is 56.5 Å². The van der Waals surface area contributed by atoms with Gasteiger partial charge in [-0.1, -0.05) is 42.5 Å². The number of aliphatic hydroxyl groups excluding tert-OH is 1. The third kappa shape index (κ3) is 4.98. The van der Waals surface area contributed by atoms with Gasteiger partial charge in [0.2, 0.25) is 5.91 Å². The van der Waals surface area contributed by atoms with E-state index in [1.54, 1.807) is 14.0 Å². The van der Waals surface area contributed by atoms with Crippen molar-refractivity contribution in [3.63, 3.8) is 0 Å². The number of carbonyl (C=O) groups is 2. The van der Waals surface area contributed by atoms with Crippen LogP contribution in [-0.2, 0) is 11.2 Å². The lowest BCUT2D eigenvalue weighted by atomic mass is 10.0. The summed E-state index contributed by atoms with van der Waals surface area (Å²) in [5, 5.41) is 26.3. The van der Waals surface area contributed by atoms with Gasteiger partial charge in [0.1, 0.15) is 0 Å². The van der Waals surface area contributed by atoms with E-state index in [9.17, 15) is 19.8 Å². The molecular weight excluding hydrogens is 382 g/mol. The van der Waals surface area contributed by atoms with Crippen molar-refractivity contribution < 1.29 is 19.8 Å². The Morgan fingerprint density at radius 1 is 1.10 bits per heavy atom. The quantitative estimate of drug-likeness (QED) is 0.561. The van der Waals surface area contributed by atoms with E-state index in [0.717, 1.165) is 11.1 Å². The summed E-state index contributed by atoms with van der Waals surface area (Å²) < 4.78 is 0. The maximum absolute atomic E-state index is 12.0. The Morgan fingerprint density at radius 3 is 2.37 bits per heavy atom. The third-order valence-electron chi connectivity index (χ3n) is 5.79. The lowest BCUT2D eigenvalue weighted by molar-refractivity contribution is -0.117. The van der Waals surface area contributed by atoms with Crippen LogP contribution >= 0.6 is 0 Å². The molecule has 3 rings (SSSR count). The normalized spacial score (nSPS) is 20.6. The number of carbonyl (C=O) groups excluding carboxylic acids is 1. The molecule has 0 aliphatic carbocycles. The highest BCUT2D eigenvalue weighted by Crippen LogP contribution is 2.34. The van der Waals surface area contributed by atoms with Crippen LogP contribution in [0.3, 0.4) is 0 Å². The molecule has 0 unspecified atom stereocenters. The Kier molecular flexibility index (Phi) is 7.07.